The van der Waals surface area contributed by atoms with Crippen LogP contribution in [-0.2, 0) is 0 Å². The van der Waals surface area contributed by atoms with Crippen molar-refractivity contribution in [2.24, 2.45) is 5.73 Å². The first-order valence-corrected chi connectivity index (χ1v) is 8.64. The number of hydrogen-bond donors (Lipinski definition) is 1. The molecule has 5 nitrogen and oxygen atoms in total. The Hall–Kier alpha value is -2.82. The lowest BCUT2D eigenvalue weighted by atomic mass is 9.91. The van der Waals surface area contributed by atoms with E-state index in [1.807, 2.05) is 18.2 Å². The fourth-order valence-electron chi connectivity index (χ4n) is 3.66. The van der Waals surface area contributed by atoms with Crippen molar-refractivity contribution < 1.29 is 9.53 Å². The fourth-order valence-corrected chi connectivity index (χ4v) is 3.66. The molecule has 1 aromatic carbocycles. The Labute approximate surface area is 147 Å². The van der Waals surface area contributed by atoms with Crippen LogP contribution in [0.2, 0.25) is 0 Å². The lowest BCUT2D eigenvalue weighted by Crippen LogP contribution is -2.37. The van der Waals surface area contributed by atoms with Crippen molar-refractivity contribution >= 4 is 17.8 Å². The molecule has 1 fully saturated rings. The number of carbonyl (C=O) groups is 1. The molecule has 4 rings (SSSR count). The van der Waals surface area contributed by atoms with Gasteiger partial charge in [0.2, 0.25) is 0 Å². The number of carbonyl (C=O) groups excluding carboxylic acids is 1. The van der Waals surface area contributed by atoms with E-state index in [4.69, 9.17) is 10.5 Å². The minimum atomic E-state index is -0.440. The second-order valence-electron chi connectivity index (χ2n) is 6.62. The summed E-state index contributed by atoms with van der Waals surface area (Å²) in [4.78, 5) is 18.2. The first-order chi connectivity index (χ1) is 12.2. The summed E-state index contributed by atoms with van der Waals surface area (Å²) in [5, 5.41) is 0. The molecule has 1 amide bonds. The number of amides is 1. The molecule has 1 atom stereocenters. The minimum absolute atomic E-state index is 0.287. The van der Waals surface area contributed by atoms with Crippen LogP contribution in [0, 0.1) is 0 Å². The molecule has 2 aromatic rings. The summed E-state index contributed by atoms with van der Waals surface area (Å²) < 4.78 is 6.38. The second kappa shape index (κ2) is 6.24. The molecule has 2 aliphatic rings. The van der Waals surface area contributed by atoms with E-state index in [2.05, 4.69) is 28.1 Å². The van der Waals surface area contributed by atoms with Gasteiger partial charge in [-0.3, -0.25) is 4.79 Å². The standard InChI is InChI=1S/C20H21N3O2/c21-18(24)16-6-3-12-22-19(16)23-13-4-9-20(11-14-23)10-8-15-5-1-2-7-17(15)25-20/h1-3,5-8,10,12H,4,9,11,13-14H2,(H2,21,24). The van der Waals surface area contributed by atoms with Crippen LogP contribution in [0.25, 0.3) is 6.08 Å². The topological polar surface area (TPSA) is 68.5 Å². The highest BCUT2D eigenvalue weighted by Crippen LogP contribution is 2.37. The number of benzene rings is 1. The van der Waals surface area contributed by atoms with Gasteiger partial charge in [0, 0.05) is 31.3 Å². The molecule has 0 radical (unpaired) electrons. The molecule has 3 heterocycles. The summed E-state index contributed by atoms with van der Waals surface area (Å²) in [5.41, 5.74) is 6.82. The van der Waals surface area contributed by atoms with Crippen LogP contribution in [-0.4, -0.2) is 29.6 Å². The zero-order valence-electron chi connectivity index (χ0n) is 14.0. The van der Waals surface area contributed by atoms with Crippen molar-refractivity contribution in [2.45, 2.75) is 24.9 Å². The van der Waals surface area contributed by atoms with Gasteiger partial charge in [0.1, 0.15) is 17.2 Å². The maximum atomic E-state index is 11.7. The van der Waals surface area contributed by atoms with E-state index in [9.17, 15) is 4.79 Å². The predicted octanol–water partition coefficient (Wildman–Crippen LogP) is 3.02. The van der Waals surface area contributed by atoms with Crippen LogP contribution < -0.4 is 15.4 Å². The molecule has 0 bridgehead atoms. The van der Waals surface area contributed by atoms with Gasteiger partial charge in [0.05, 0.1) is 5.56 Å². The molecule has 128 valence electrons. The molecule has 25 heavy (non-hydrogen) atoms. The van der Waals surface area contributed by atoms with Gasteiger partial charge < -0.3 is 15.4 Å². The van der Waals surface area contributed by atoms with Crippen molar-refractivity contribution in [1.82, 2.24) is 4.98 Å². The summed E-state index contributed by atoms with van der Waals surface area (Å²) in [7, 11) is 0. The van der Waals surface area contributed by atoms with Crippen molar-refractivity contribution in [3.05, 3.63) is 59.8 Å². The van der Waals surface area contributed by atoms with E-state index in [1.54, 1.807) is 18.3 Å². The van der Waals surface area contributed by atoms with Crippen LogP contribution in [0.15, 0.2) is 48.7 Å². The van der Waals surface area contributed by atoms with Crippen LogP contribution in [0.1, 0.15) is 35.2 Å². The number of nitrogens with zero attached hydrogens (tertiary/aromatic N) is 2. The SMILES string of the molecule is NC(=O)c1cccnc1N1CCCC2(C=Cc3ccccc3O2)CC1. The monoisotopic (exact) mass is 335 g/mol. The van der Waals surface area contributed by atoms with E-state index < -0.39 is 5.91 Å². The summed E-state index contributed by atoms with van der Waals surface area (Å²) in [6.45, 7) is 1.60. The number of anilines is 1. The Bertz CT molecular complexity index is 833. The molecular weight excluding hydrogens is 314 g/mol. The molecular formula is C20H21N3O2. The number of rotatable bonds is 2. The van der Waals surface area contributed by atoms with Gasteiger partial charge in [0.25, 0.3) is 5.91 Å². The van der Waals surface area contributed by atoms with Crippen LogP contribution in [0.5, 0.6) is 5.75 Å². The highest BCUT2D eigenvalue weighted by Gasteiger charge is 2.35. The van der Waals surface area contributed by atoms with Gasteiger partial charge in [-0.15, -0.1) is 0 Å². The zero-order chi connectivity index (χ0) is 17.3. The number of hydrogen-bond acceptors (Lipinski definition) is 4. The molecule has 1 saturated heterocycles. The van der Waals surface area contributed by atoms with Crippen molar-refractivity contribution in [3.8, 4) is 5.75 Å². The van der Waals surface area contributed by atoms with Crippen molar-refractivity contribution in [1.29, 1.82) is 0 Å². The number of fused-ring (bicyclic) bond motifs is 1. The molecule has 0 saturated carbocycles. The number of pyridine rings is 1. The van der Waals surface area contributed by atoms with E-state index in [0.717, 1.165) is 43.7 Å². The van der Waals surface area contributed by atoms with Gasteiger partial charge >= 0.3 is 0 Å². The van der Waals surface area contributed by atoms with Crippen LogP contribution in [0.3, 0.4) is 0 Å². The van der Waals surface area contributed by atoms with E-state index in [0.29, 0.717) is 11.4 Å². The highest BCUT2D eigenvalue weighted by atomic mass is 16.5. The number of primary amides is 1. The van der Waals surface area contributed by atoms with Gasteiger partial charge in [-0.05, 0) is 37.1 Å². The third-order valence-electron chi connectivity index (χ3n) is 4.98. The zero-order valence-corrected chi connectivity index (χ0v) is 14.0. The Morgan fingerprint density at radius 3 is 2.92 bits per heavy atom. The van der Waals surface area contributed by atoms with Gasteiger partial charge in [-0.1, -0.05) is 24.3 Å². The van der Waals surface area contributed by atoms with Crippen LogP contribution >= 0.6 is 0 Å². The molecule has 0 aliphatic carbocycles. The summed E-state index contributed by atoms with van der Waals surface area (Å²) in [5.74, 6) is 1.17. The molecule has 1 unspecified atom stereocenters. The molecule has 1 aromatic heterocycles. The first-order valence-electron chi connectivity index (χ1n) is 8.64. The van der Waals surface area contributed by atoms with Crippen molar-refractivity contribution in [3.63, 3.8) is 0 Å². The summed E-state index contributed by atoms with van der Waals surface area (Å²) >= 11 is 0. The summed E-state index contributed by atoms with van der Waals surface area (Å²) in [6.07, 6.45) is 8.78. The Balaban J connectivity index is 1.57. The Morgan fingerprint density at radius 2 is 2.04 bits per heavy atom. The average Bonchev–Trinajstić information content (AvgIpc) is 2.84. The molecule has 1 spiro atoms. The Morgan fingerprint density at radius 1 is 1.16 bits per heavy atom. The van der Waals surface area contributed by atoms with Crippen molar-refractivity contribution in [2.75, 3.05) is 18.0 Å². The number of para-hydroxylation sites is 1. The first kappa shape index (κ1) is 15.7. The van der Waals surface area contributed by atoms with E-state index >= 15 is 0 Å². The smallest absolute Gasteiger partial charge is 0.252 e. The van der Waals surface area contributed by atoms with Crippen LogP contribution in [0.4, 0.5) is 5.82 Å². The van der Waals surface area contributed by atoms with Gasteiger partial charge in [-0.2, -0.15) is 0 Å². The third-order valence-corrected chi connectivity index (χ3v) is 4.98. The Kier molecular flexibility index (Phi) is 3.92. The lowest BCUT2D eigenvalue weighted by molar-refractivity contribution is 0.100. The van der Waals surface area contributed by atoms with E-state index in [-0.39, 0.29) is 5.60 Å². The van der Waals surface area contributed by atoms with Gasteiger partial charge in [0.15, 0.2) is 0 Å². The number of ether oxygens (including phenoxy) is 1. The number of nitrogens with two attached hydrogens (primary N) is 1. The maximum absolute atomic E-state index is 11.7. The normalized spacial score (nSPS) is 22.2. The molecule has 2 N–H and O–H groups in total. The molecule has 2 aliphatic heterocycles. The second-order valence-corrected chi connectivity index (χ2v) is 6.62. The maximum Gasteiger partial charge on any atom is 0.252 e. The lowest BCUT2D eigenvalue weighted by Gasteiger charge is -2.34. The largest absolute Gasteiger partial charge is 0.483 e. The quantitative estimate of drug-likeness (QED) is 0.916. The summed E-state index contributed by atoms with van der Waals surface area (Å²) in [6, 6.07) is 11.6. The average molecular weight is 335 g/mol. The van der Waals surface area contributed by atoms with Gasteiger partial charge in [-0.25, -0.2) is 4.98 Å². The van der Waals surface area contributed by atoms with E-state index in [1.165, 1.54) is 0 Å². The highest BCUT2D eigenvalue weighted by molar-refractivity contribution is 5.97. The third kappa shape index (κ3) is 2.97. The predicted molar refractivity (Wildman–Crippen MR) is 97.7 cm³/mol. The minimum Gasteiger partial charge on any atom is -0.483 e. The fraction of sp³-hybridized carbons (Fsp3) is 0.300. The molecule has 5 heteroatoms. The number of aromatic nitrogens is 1.